The van der Waals surface area contributed by atoms with Crippen LogP contribution in [-0.4, -0.2) is 31.0 Å². The van der Waals surface area contributed by atoms with Gasteiger partial charge in [0.1, 0.15) is 28.7 Å². The Labute approximate surface area is 130 Å². The highest BCUT2D eigenvalue weighted by molar-refractivity contribution is 5.92. The molecule has 0 bridgehead atoms. The van der Waals surface area contributed by atoms with Gasteiger partial charge in [-0.3, -0.25) is 0 Å². The first-order valence-corrected chi connectivity index (χ1v) is 6.53. The number of nitrogens with zero attached hydrogens (tertiary/aromatic N) is 1. The summed E-state index contributed by atoms with van der Waals surface area (Å²) in [5, 5.41) is 2.43. The molecule has 0 radical (unpaired) electrons. The van der Waals surface area contributed by atoms with Gasteiger partial charge in [0, 0.05) is 6.07 Å². The molecule has 0 saturated heterocycles. The van der Waals surface area contributed by atoms with Gasteiger partial charge in [-0.15, -0.1) is 0 Å². The highest BCUT2D eigenvalue weighted by Gasteiger charge is 2.15. The zero-order valence-corrected chi connectivity index (χ0v) is 12.1. The van der Waals surface area contributed by atoms with Crippen molar-refractivity contribution in [2.24, 2.45) is 0 Å². The number of carbonyl (C=O) groups excluding carboxylic acids is 1. The maximum atomic E-state index is 13.3. The van der Waals surface area contributed by atoms with Gasteiger partial charge < -0.3 is 14.8 Å². The summed E-state index contributed by atoms with van der Waals surface area (Å²) in [7, 11) is 1.19. The molecule has 2 rings (SSSR count). The first-order valence-electron chi connectivity index (χ1n) is 6.53. The van der Waals surface area contributed by atoms with E-state index in [4.69, 9.17) is 4.74 Å². The van der Waals surface area contributed by atoms with Gasteiger partial charge >= 0.3 is 5.97 Å². The van der Waals surface area contributed by atoms with Crippen LogP contribution in [0.4, 0.5) is 19.0 Å². The predicted molar refractivity (Wildman–Crippen MR) is 76.5 cm³/mol. The molecule has 8 heteroatoms. The quantitative estimate of drug-likeness (QED) is 0.824. The Kier molecular flexibility index (Phi) is 5.40. The van der Waals surface area contributed by atoms with Crippen molar-refractivity contribution in [3.63, 3.8) is 0 Å². The van der Waals surface area contributed by atoms with E-state index in [1.54, 1.807) is 0 Å². The van der Waals surface area contributed by atoms with E-state index in [1.165, 1.54) is 31.5 Å². The molecule has 1 N–H and O–H groups in total. The molecule has 122 valence electrons. The van der Waals surface area contributed by atoms with Crippen molar-refractivity contribution in [3.05, 3.63) is 47.9 Å². The van der Waals surface area contributed by atoms with Gasteiger partial charge in [0.25, 0.3) is 6.43 Å². The molecule has 1 aromatic heterocycles. The summed E-state index contributed by atoms with van der Waals surface area (Å²) in [6.07, 6.45) is -1.23. The van der Waals surface area contributed by atoms with Crippen molar-refractivity contribution < 1.29 is 27.4 Å². The number of anilines is 1. The van der Waals surface area contributed by atoms with Crippen LogP contribution in [0.3, 0.4) is 0 Å². The predicted octanol–water partition coefficient (Wildman–Crippen LogP) is 3.48. The number of rotatable bonds is 6. The largest absolute Gasteiger partial charge is 0.465 e. The second-order valence-corrected chi connectivity index (χ2v) is 4.39. The summed E-state index contributed by atoms with van der Waals surface area (Å²) in [5.74, 6) is -0.848. The minimum atomic E-state index is -2.50. The number of pyridine rings is 1. The molecule has 5 nitrogen and oxygen atoms in total. The fraction of sp³-hybridized carbons (Fsp3) is 0.200. The molecule has 0 aliphatic rings. The molecule has 1 heterocycles. The van der Waals surface area contributed by atoms with Gasteiger partial charge in [0.2, 0.25) is 0 Å². The van der Waals surface area contributed by atoms with Crippen LogP contribution in [0.2, 0.25) is 0 Å². The van der Waals surface area contributed by atoms with Crippen LogP contribution in [0, 0.1) is 5.82 Å². The molecule has 0 unspecified atom stereocenters. The highest BCUT2D eigenvalue weighted by atomic mass is 19.3. The number of methoxy groups -OCH3 is 1. The minimum absolute atomic E-state index is 0.0352. The van der Waals surface area contributed by atoms with Crippen molar-refractivity contribution in [2.75, 3.05) is 19.0 Å². The first kappa shape index (κ1) is 16.6. The van der Waals surface area contributed by atoms with Gasteiger partial charge in [0.05, 0.1) is 19.9 Å². The maximum absolute atomic E-state index is 13.3. The van der Waals surface area contributed by atoms with Gasteiger partial charge in [-0.2, -0.15) is 0 Å². The summed E-state index contributed by atoms with van der Waals surface area (Å²) in [4.78, 5) is 15.5. The fourth-order valence-corrected chi connectivity index (χ4v) is 1.71. The Balaban J connectivity index is 2.15. The van der Waals surface area contributed by atoms with Crippen LogP contribution < -0.4 is 10.1 Å². The van der Waals surface area contributed by atoms with Crippen molar-refractivity contribution in [2.45, 2.75) is 6.43 Å². The van der Waals surface area contributed by atoms with Crippen LogP contribution in [0.25, 0.3) is 0 Å². The lowest BCUT2D eigenvalue weighted by Gasteiger charge is -2.10. The standard InChI is InChI=1S/C15H13F3N2O3/c1-22-15(21)11-4-2-9(16)6-12(11)23-10-3-5-14(19-7-10)20-8-13(17)18/h2-7,13H,8H2,1H3,(H,19,20). The van der Waals surface area contributed by atoms with Crippen LogP contribution >= 0.6 is 0 Å². The number of carbonyl (C=O) groups is 1. The van der Waals surface area contributed by atoms with E-state index in [0.29, 0.717) is 0 Å². The van der Waals surface area contributed by atoms with E-state index in [9.17, 15) is 18.0 Å². The number of esters is 1. The zero-order valence-electron chi connectivity index (χ0n) is 12.1. The van der Waals surface area contributed by atoms with Crippen LogP contribution in [0.1, 0.15) is 10.4 Å². The normalized spacial score (nSPS) is 10.5. The maximum Gasteiger partial charge on any atom is 0.341 e. The monoisotopic (exact) mass is 326 g/mol. The van der Waals surface area contributed by atoms with Gasteiger partial charge in [-0.1, -0.05) is 0 Å². The molecular weight excluding hydrogens is 313 g/mol. The number of hydrogen-bond acceptors (Lipinski definition) is 5. The van der Waals surface area contributed by atoms with Gasteiger partial charge in [0.15, 0.2) is 0 Å². The summed E-state index contributed by atoms with van der Waals surface area (Å²) >= 11 is 0. The molecule has 0 aliphatic carbocycles. The van der Waals surface area contributed by atoms with E-state index in [-0.39, 0.29) is 22.9 Å². The van der Waals surface area contributed by atoms with Crippen LogP contribution in [-0.2, 0) is 4.74 Å². The van der Waals surface area contributed by atoms with E-state index in [0.717, 1.165) is 12.1 Å². The lowest BCUT2D eigenvalue weighted by molar-refractivity contribution is 0.0598. The fourth-order valence-electron chi connectivity index (χ4n) is 1.71. The summed E-state index contributed by atoms with van der Waals surface area (Å²) in [6.45, 7) is -0.524. The molecule has 2 aromatic rings. The third kappa shape index (κ3) is 4.60. The molecule has 23 heavy (non-hydrogen) atoms. The second kappa shape index (κ2) is 7.48. The average molecular weight is 326 g/mol. The van der Waals surface area contributed by atoms with E-state index < -0.39 is 24.8 Å². The van der Waals surface area contributed by atoms with Gasteiger partial charge in [-0.05, 0) is 24.3 Å². The molecule has 0 spiro atoms. The Hall–Kier alpha value is -2.77. The van der Waals surface area contributed by atoms with Crippen LogP contribution in [0.15, 0.2) is 36.5 Å². The molecule has 0 aliphatic heterocycles. The van der Waals surface area contributed by atoms with Crippen molar-refractivity contribution in [1.82, 2.24) is 4.98 Å². The smallest absolute Gasteiger partial charge is 0.341 e. The van der Waals surface area contributed by atoms with Crippen molar-refractivity contribution in [3.8, 4) is 11.5 Å². The van der Waals surface area contributed by atoms with Crippen molar-refractivity contribution in [1.29, 1.82) is 0 Å². The number of nitrogens with one attached hydrogen (secondary N) is 1. The van der Waals surface area contributed by atoms with Crippen molar-refractivity contribution >= 4 is 11.8 Å². The molecule has 0 atom stereocenters. The third-order valence-electron chi connectivity index (χ3n) is 2.75. The number of alkyl halides is 2. The lowest BCUT2D eigenvalue weighted by Crippen LogP contribution is -2.11. The van der Waals surface area contributed by atoms with Gasteiger partial charge in [-0.25, -0.2) is 22.9 Å². The molecule has 0 saturated carbocycles. The van der Waals surface area contributed by atoms with Crippen LogP contribution in [0.5, 0.6) is 11.5 Å². The average Bonchev–Trinajstić information content (AvgIpc) is 2.53. The topological polar surface area (TPSA) is 60.5 Å². The highest BCUT2D eigenvalue weighted by Crippen LogP contribution is 2.27. The Morgan fingerprint density at radius 2 is 2.09 bits per heavy atom. The lowest BCUT2D eigenvalue weighted by atomic mass is 10.2. The van der Waals surface area contributed by atoms with E-state index >= 15 is 0 Å². The summed E-state index contributed by atoms with van der Waals surface area (Å²) in [6, 6.07) is 6.26. The first-order chi connectivity index (χ1) is 11.0. The van der Waals surface area contributed by atoms with E-state index in [2.05, 4.69) is 15.0 Å². The Morgan fingerprint density at radius 1 is 1.30 bits per heavy atom. The molecular formula is C15H13F3N2O3. The minimum Gasteiger partial charge on any atom is -0.465 e. The Morgan fingerprint density at radius 3 is 2.70 bits per heavy atom. The van der Waals surface area contributed by atoms with E-state index in [1.807, 2.05) is 0 Å². The Bertz CT molecular complexity index is 678. The SMILES string of the molecule is COC(=O)c1ccc(F)cc1Oc1ccc(NCC(F)F)nc1. The third-order valence-corrected chi connectivity index (χ3v) is 2.75. The number of benzene rings is 1. The second-order valence-electron chi connectivity index (χ2n) is 4.39. The zero-order chi connectivity index (χ0) is 16.8. The molecule has 1 aromatic carbocycles. The number of hydrogen-bond donors (Lipinski definition) is 1. The molecule has 0 amide bonds. The number of halogens is 3. The number of ether oxygens (including phenoxy) is 2. The number of aromatic nitrogens is 1. The summed E-state index contributed by atoms with van der Waals surface area (Å²) in [5.41, 5.74) is 0.0498. The molecule has 0 fully saturated rings. The summed E-state index contributed by atoms with van der Waals surface area (Å²) < 4.78 is 47.5.